The summed E-state index contributed by atoms with van der Waals surface area (Å²) in [6.07, 6.45) is 2.10. The van der Waals surface area contributed by atoms with Gasteiger partial charge in [0.25, 0.3) is 15.9 Å². The molecule has 1 atom stereocenters. The molecule has 1 aromatic heterocycles. The Labute approximate surface area is 194 Å². The zero-order valence-electron chi connectivity index (χ0n) is 19.1. The van der Waals surface area contributed by atoms with E-state index in [9.17, 15) is 13.2 Å². The van der Waals surface area contributed by atoms with E-state index in [0.717, 1.165) is 18.4 Å². The Hall–Kier alpha value is -3.20. The summed E-state index contributed by atoms with van der Waals surface area (Å²) in [7, 11) is -2.35. The molecule has 1 amide bonds. The Morgan fingerprint density at radius 3 is 2.48 bits per heavy atom. The fourth-order valence-corrected chi connectivity index (χ4v) is 4.71. The second-order valence-corrected chi connectivity index (χ2v) is 10.8. The van der Waals surface area contributed by atoms with Gasteiger partial charge in [0.2, 0.25) is 5.89 Å². The van der Waals surface area contributed by atoms with E-state index in [0.29, 0.717) is 23.3 Å². The third kappa shape index (κ3) is 4.93. The normalized spacial score (nSPS) is 14.8. The number of benzene rings is 2. The molecule has 174 valence electrons. The molecule has 1 fully saturated rings. The lowest BCUT2D eigenvalue weighted by atomic mass is 10.0. The van der Waals surface area contributed by atoms with E-state index in [2.05, 4.69) is 15.5 Å². The monoisotopic (exact) mass is 468 g/mol. The summed E-state index contributed by atoms with van der Waals surface area (Å²) in [6.45, 7) is 5.83. The van der Waals surface area contributed by atoms with Gasteiger partial charge in [-0.2, -0.15) is 4.98 Å². The highest BCUT2D eigenvalue weighted by Crippen LogP contribution is 2.38. The van der Waals surface area contributed by atoms with Crippen LogP contribution in [0.5, 0.6) is 0 Å². The van der Waals surface area contributed by atoms with Crippen LogP contribution in [0.1, 0.15) is 66.3 Å². The number of nitrogens with zero attached hydrogens (tertiary/aromatic N) is 3. The molecule has 8 nitrogen and oxygen atoms in total. The molecule has 33 heavy (non-hydrogen) atoms. The van der Waals surface area contributed by atoms with Crippen molar-refractivity contribution in [3.8, 4) is 0 Å². The van der Waals surface area contributed by atoms with E-state index in [1.807, 2.05) is 32.9 Å². The van der Waals surface area contributed by atoms with Gasteiger partial charge in [-0.1, -0.05) is 42.8 Å². The van der Waals surface area contributed by atoms with Crippen LogP contribution in [0.25, 0.3) is 0 Å². The molecule has 2 aromatic carbocycles. The smallest absolute Gasteiger partial charge is 0.264 e. The van der Waals surface area contributed by atoms with Crippen molar-refractivity contribution in [2.24, 2.45) is 5.92 Å². The molecule has 4 rings (SSSR count). The highest BCUT2D eigenvalue weighted by atomic mass is 32.2. The van der Waals surface area contributed by atoms with Gasteiger partial charge in [-0.3, -0.25) is 9.10 Å². The predicted molar refractivity (Wildman–Crippen MR) is 125 cm³/mol. The molecule has 0 aliphatic heterocycles. The first kappa shape index (κ1) is 23.0. The first-order valence-corrected chi connectivity index (χ1v) is 12.4. The van der Waals surface area contributed by atoms with Crippen molar-refractivity contribution in [2.45, 2.75) is 50.5 Å². The number of aromatic nitrogens is 2. The van der Waals surface area contributed by atoms with Gasteiger partial charge < -0.3 is 9.84 Å². The van der Waals surface area contributed by atoms with Crippen LogP contribution in [0.3, 0.4) is 0 Å². The molecule has 1 unspecified atom stereocenters. The predicted octanol–water partition coefficient (Wildman–Crippen LogP) is 4.21. The quantitative estimate of drug-likeness (QED) is 0.531. The lowest BCUT2D eigenvalue weighted by Gasteiger charge is -2.21. The van der Waals surface area contributed by atoms with Gasteiger partial charge in [0, 0.05) is 18.5 Å². The van der Waals surface area contributed by atoms with E-state index in [4.69, 9.17) is 4.52 Å². The van der Waals surface area contributed by atoms with E-state index < -0.39 is 22.0 Å². The van der Waals surface area contributed by atoms with Crippen LogP contribution in [0.15, 0.2) is 57.9 Å². The summed E-state index contributed by atoms with van der Waals surface area (Å²) in [5, 5.41) is 6.96. The maximum absolute atomic E-state index is 13.2. The Bertz CT molecular complexity index is 1250. The summed E-state index contributed by atoms with van der Waals surface area (Å²) >= 11 is 0. The van der Waals surface area contributed by atoms with Crippen LogP contribution in [0.2, 0.25) is 0 Å². The van der Waals surface area contributed by atoms with Crippen molar-refractivity contribution >= 4 is 21.6 Å². The van der Waals surface area contributed by atoms with Crippen LogP contribution in [-0.2, 0) is 10.0 Å². The lowest BCUT2D eigenvalue weighted by molar-refractivity contribution is 0.0913. The summed E-state index contributed by atoms with van der Waals surface area (Å²) in [5.41, 5.74) is 1.81. The van der Waals surface area contributed by atoms with Crippen molar-refractivity contribution in [1.29, 1.82) is 0 Å². The molecule has 0 spiro atoms. The first-order valence-electron chi connectivity index (χ1n) is 11.0. The summed E-state index contributed by atoms with van der Waals surface area (Å²) in [6, 6.07) is 12.7. The van der Waals surface area contributed by atoms with E-state index >= 15 is 0 Å². The topological polar surface area (TPSA) is 105 Å². The first-order chi connectivity index (χ1) is 15.7. The maximum atomic E-state index is 13.2. The zero-order chi connectivity index (χ0) is 23.8. The number of aryl methyl sites for hydroxylation is 1. The second kappa shape index (κ2) is 8.97. The Morgan fingerprint density at radius 2 is 1.85 bits per heavy atom. The van der Waals surface area contributed by atoms with E-state index in [1.165, 1.54) is 23.5 Å². The highest BCUT2D eigenvalue weighted by molar-refractivity contribution is 7.92. The minimum absolute atomic E-state index is 0.000962. The molecular weight excluding hydrogens is 440 g/mol. The molecule has 1 heterocycles. The summed E-state index contributed by atoms with van der Waals surface area (Å²) in [4.78, 5) is 17.5. The largest absolute Gasteiger partial charge is 0.340 e. The van der Waals surface area contributed by atoms with E-state index in [1.54, 1.807) is 24.3 Å². The van der Waals surface area contributed by atoms with Crippen LogP contribution < -0.4 is 9.62 Å². The molecule has 0 radical (unpaired) electrons. The number of sulfonamides is 1. The molecule has 0 saturated heterocycles. The van der Waals surface area contributed by atoms with Gasteiger partial charge in [-0.25, -0.2) is 8.42 Å². The number of hydrogen-bond acceptors (Lipinski definition) is 6. The molecule has 1 saturated carbocycles. The summed E-state index contributed by atoms with van der Waals surface area (Å²) in [5.74, 6) is 0.981. The van der Waals surface area contributed by atoms with Crippen LogP contribution in [-0.4, -0.2) is 31.5 Å². The van der Waals surface area contributed by atoms with Gasteiger partial charge in [-0.15, -0.1) is 0 Å². The third-order valence-corrected chi connectivity index (χ3v) is 7.55. The molecule has 0 bridgehead atoms. The average molecular weight is 469 g/mol. The van der Waals surface area contributed by atoms with Gasteiger partial charge in [0.1, 0.15) is 6.04 Å². The standard InChI is InChI=1S/C24H28N4O4S/c1-15(2)21(24-26-22(27-32-24)17-10-11-17)25-23(29)18-6-5-7-20(14-18)33(30,31)28(4)19-12-8-16(3)9-13-19/h5-9,12-15,17,21H,10-11H2,1-4H3,(H,25,29). The number of carbonyl (C=O) groups excluding carboxylic acids is 1. The minimum Gasteiger partial charge on any atom is -0.340 e. The Kier molecular flexibility index (Phi) is 6.25. The maximum Gasteiger partial charge on any atom is 0.264 e. The van der Waals surface area contributed by atoms with Gasteiger partial charge in [0.05, 0.1) is 10.6 Å². The molecule has 1 aliphatic rings. The fraction of sp³-hybridized carbons (Fsp3) is 0.375. The minimum atomic E-state index is -3.84. The van der Waals surface area contributed by atoms with Gasteiger partial charge in [-0.05, 0) is 56.0 Å². The Morgan fingerprint density at radius 1 is 1.15 bits per heavy atom. The molecule has 1 aliphatic carbocycles. The molecule has 3 aromatic rings. The van der Waals surface area contributed by atoms with Gasteiger partial charge >= 0.3 is 0 Å². The number of hydrogen-bond donors (Lipinski definition) is 1. The van der Waals surface area contributed by atoms with Crippen LogP contribution in [0.4, 0.5) is 5.69 Å². The van der Waals surface area contributed by atoms with Crippen LogP contribution >= 0.6 is 0 Å². The van der Waals surface area contributed by atoms with Crippen molar-refractivity contribution in [3.63, 3.8) is 0 Å². The van der Waals surface area contributed by atoms with Crippen LogP contribution in [0, 0.1) is 12.8 Å². The van der Waals surface area contributed by atoms with Crippen molar-refractivity contribution in [1.82, 2.24) is 15.5 Å². The van der Waals surface area contributed by atoms with Gasteiger partial charge in [0.15, 0.2) is 5.82 Å². The SMILES string of the molecule is Cc1ccc(N(C)S(=O)(=O)c2cccc(C(=O)NC(c3nc(C4CC4)no3)C(C)C)c2)cc1. The van der Waals surface area contributed by atoms with Crippen molar-refractivity contribution in [3.05, 3.63) is 71.4 Å². The van der Waals surface area contributed by atoms with E-state index in [-0.39, 0.29) is 16.4 Å². The fourth-order valence-electron chi connectivity index (χ4n) is 3.47. The highest BCUT2D eigenvalue weighted by Gasteiger charge is 2.32. The number of nitrogens with one attached hydrogen (secondary N) is 1. The average Bonchev–Trinajstić information content (AvgIpc) is 3.54. The summed E-state index contributed by atoms with van der Waals surface area (Å²) < 4.78 is 33.0. The Balaban J connectivity index is 1.55. The molecule has 1 N–H and O–H groups in total. The second-order valence-electron chi connectivity index (χ2n) is 8.80. The lowest BCUT2D eigenvalue weighted by Crippen LogP contribution is -2.32. The number of amides is 1. The van der Waals surface area contributed by atoms with Crippen molar-refractivity contribution in [2.75, 3.05) is 11.4 Å². The molecular formula is C24H28N4O4S. The number of rotatable bonds is 8. The van der Waals surface area contributed by atoms with Crippen molar-refractivity contribution < 1.29 is 17.7 Å². The third-order valence-electron chi connectivity index (χ3n) is 5.77. The zero-order valence-corrected chi connectivity index (χ0v) is 20.0. The number of anilines is 1. The number of carbonyl (C=O) groups is 1. The molecule has 9 heteroatoms.